The number of aromatic nitrogens is 2. The molecular formula is C14H15N3O. The van der Waals surface area contributed by atoms with Crippen LogP contribution in [0.25, 0.3) is 11.0 Å². The standard InChI is InChI=1S/C14H15N3O/c1-8-13(10(3)18)9(2)17-12-7-5-4-6-11(12)16-14(17)15-8/h4-7,9H,1-3H3,(H,15,16)/t9-/m1/s1. The molecule has 0 unspecified atom stereocenters. The lowest BCUT2D eigenvalue weighted by atomic mass is 10.0. The fraction of sp³-hybridized carbons (Fsp3) is 0.286. The van der Waals surface area contributed by atoms with Crippen LogP contribution < -0.4 is 5.32 Å². The van der Waals surface area contributed by atoms with E-state index in [1.807, 2.05) is 38.1 Å². The molecule has 1 aliphatic rings. The summed E-state index contributed by atoms with van der Waals surface area (Å²) < 4.78 is 2.08. The summed E-state index contributed by atoms with van der Waals surface area (Å²) in [5.74, 6) is 0.919. The molecule has 1 aromatic heterocycles. The van der Waals surface area contributed by atoms with Gasteiger partial charge in [-0.15, -0.1) is 0 Å². The molecule has 18 heavy (non-hydrogen) atoms. The van der Waals surface area contributed by atoms with Gasteiger partial charge in [-0.05, 0) is 32.9 Å². The van der Waals surface area contributed by atoms with Gasteiger partial charge in [0.25, 0.3) is 0 Å². The van der Waals surface area contributed by atoms with Crippen LogP contribution in [0.3, 0.4) is 0 Å². The number of benzene rings is 1. The third-order valence-corrected chi connectivity index (χ3v) is 3.48. The second kappa shape index (κ2) is 3.70. The van der Waals surface area contributed by atoms with Crippen LogP contribution in [0.2, 0.25) is 0 Å². The van der Waals surface area contributed by atoms with Crippen molar-refractivity contribution in [3.8, 4) is 0 Å². The van der Waals surface area contributed by atoms with Crippen molar-refractivity contribution in [2.24, 2.45) is 0 Å². The molecule has 2 aromatic rings. The molecule has 0 fully saturated rings. The third-order valence-electron chi connectivity index (χ3n) is 3.48. The molecule has 0 bridgehead atoms. The first kappa shape index (κ1) is 11.0. The molecule has 0 amide bonds. The second-order valence-electron chi connectivity index (χ2n) is 4.69. The van der Waals surface area contributed by atoms with Crippen LogP contribution in [-0.4, -0.2) is 15.3 Å². The average molecular weight is 241 g/mol. The Kier molecular flexibility index (Phi) is 2.26. The van der Waals surface area contributed by atoms with Gasteiger partial charge >= 0.3 is 0 Å². The molecular weight excluding hydrogens is 226 g/mol. The van der Waals surface area contributed by atoms with Crippen LogP contribution in [0, 0.1) is 0 Å². The van der Waals surface area contributed by atoms with Crippen molar-refractivity contribution in [3.63, 3.8) is 0 Å². The Morgan fingerprint density at radius 2 is 2.11 bits per heavy atom. The maximum Gasteiger partial charge on any atom is 0.208 e. The van der Waals surface area contributed by atoms with Gasteiger partial charge in [0, 0.05) is 11.3 Å². The Morgan fingerprint density at radius 1 is 1.39 bits per heavy atom. The summed E-state index contributed by atoms with van der Waals surface area (Å²) in [4.78, 5) is 16.3. The Bertz CT molecular complexity index is 681. The van der Waals surface area contributed by atoms with E-state index in [1.165, 1.54) is 0 Å². The van der Waals surface area contributed by atoms with E-state index in [0.717, 1.165) is 28.3 Å². The Hall–Kier alpha value is -2.10. The summed E-state index contributed by atoms with van der Waals surface area (Å²) in [5.41, 5.74) is 3.73. The molecule has 0 saturated carbocycles. The van der Waals surface area contributed by atoms with Gasteiger partial charge in [-0.25, -0.2) is 4.98 Å². The highest BCUT2D eigenvalue weighted by Crippen LogP contribution is 2.34. The molecule has 4 nitrogen and oxygen atoms in total. The van der Waals surface area contributed by atoms with Gasteiger partial charge < -0.3 is 9.88 Å². The van der Waals surface area contributed by atoms with Gasteiger partial charge in [-0.3, -0.25) is 4.79 Å². The van der Waals surface area contributed by atoms with E-state index in [-0.39, 0.29) is 11.8 Å². The first-order valence-corrected chi connectivity index (χ1v) is 6.05. The van der Waals surface area contributed by atoms with E-state index >= 15 is 0 Å². The number of para-hydroxylation sites is 2. The minimum absolute atomic E-state index is 0.0196. The Morgan fingerprint density at radius 3 is 2.83 bits per heavy atom. The maximum absolute atomic E-state index is 11.8. The molecule has 0 radical (unpaired) electrons. The number of carbonyl (C=O) groups is 1. The zero-order valence-corrected chi connectivity index (χ0v) is 10.7. The number of ketones is 1. The summed E-state index contributed by atoms with van der Waals surface area (Å²) in [6, 6.07) is 7.99. The highest BCUT2D eigenvalue weighted by Gasteiger charge is 2.27. The number of nitrogens with zero attached hydrogens (tertiary/aromatic N) is 2. The highest BCUT2D eigenvalue weighted by atomic mass is 16.1. The van der Waals surface area contributed by atoms with E-state index in [4.69, 9.17) is 0 Å². The molecule has 0 saturated heterocycles. The minimum atomic E-state index is 0.0196. The fourth-order valence-electron chi connectivity index (χ4n) is 2.76. The van der Waals surface area contributed by atoms with Crippen molar-refractivity contribution in [1.82, 2.24) is 9.55 Å². The molecule has 1 aliphatic heterocycles. The number of Topliss-reactive ketones (excluding diaryl/α,β-unsaturated/α-hetero) is 1. The van der Waals surface area contributed by atoms with Crippen LogP contribution in [0.1, 0.15) is 26.8 Å². The van der Waals surface area contributed by atoms with Gasteiger partial charge in [-0.2, -0.15) is 0 Å². The molecule has 0 spiro atoms. The van der Waals surface area contributed by atoms with Crippen LogP contribution in [0.15, 0.2) is 35.5 Å². The molecule has 1 aromatic carbocycles. The smallest absolute Gasteiger partial charge is 0.208 e. The van der Waals surface area contributed by atoms with Crippen molar-refractivity contribution >= 4 is 22.8 Å². The highest BCUT2D eigenvalue weighted by molar-refractivity contribution is 5.96. The molecule has 1 atom stereocenters. The lowest BCUT2D eigenvalue weighted by molar-refractivity contribution is -0.114. The van der Waals surface area contributed by atoms with E-state index < -0.39 is 0 Å². The minimum Gasteiger partial charge on any atom is -0.329 e. The first-order chi connectivity index (χ1) is 8.59. The van der Waals surface area contributed by atoms with Gasteiger partial charge in [0.15, 0.2) is 5.78 Å². The topological polar surface area (TPSA) is 46.9 Å². The van der Waals surface area contributed by atoms with Crippen molar-refractivity contribution in [3.05, 3.63) is 35.5 Å². The van der Waals surface area contributed by atoms with E-state index in [1.54, 1.807) is 6.92 Å². The van der Waals surface area contributed by atoms with Crippen molar-refractivity contribution in [2.75, 3.05) is 5.32 Å². The predicted octanol–water partition coefficient (Wildman–Crippen LogP) is 2.89. The SMILES string of the molecule is CC(=O)C1=C(C)Nc2nc3ccccc3n2[C@@H]1C. The van der Waals surface area contributed by atoms with E-state index in [0.29, 0.717) is 0 Å². The number of nitrogens with one attached hydrogen (secondary N) is 1. The molecule has 1 N–H and O–H groups in total. The van der Waals surface area contributed by atoms with Crippen LogP contribution in [0.5, 0.6) is 0 Å². The number of rotatable bonds is 1. The molecule has 3 rings (SSSR count). The molecule has 92 valence electrons. The van der Waals surface area contributed by atoms with Crippen LogP contribution in [-0.2, 0) is 4.79 Å². The predicted molar refractivity (Wildman–Crippen MR) is 71.4 cm³/mol. The molecule has 2 heterocycles. The summed E-state index contributed by atoms with van der Waals surface area (Å²) >= 11 is 0. The summed E-state index contributed by atoms with van der Waals surface area (Å²) in [7, 11) is 0. The number of allylic oxidation sites excluding steroid dienone is 2. The summed E-state index contributed by atoms with van der Waals surface area (Å²) in [6.07, 6.45) is 0. The van der Waals surface area contributed by atoms with Crippen molar-refractivity contribution < 1.29 is 4.79 Å². The van der Waals surface area contributed by atoms with E-state index in [2.05, 4.69) is 14.9 Å². The normalized spacial score (nSPS) is 18.7. The number of fused-ring (bicyclic) bond motifs is 3. The molecule has 0 aliphatic carbocycles. The third kappa shape index (κ3) is 1.38. The summed E-state index contributed by atoms with van der Waals surface area (Å²) in [5, 5.41) is 3.22. The largest absolute Gasteiger partial charge is 0.329 e. The van der Waals surface area contributed by atoms with Crippen molar-refractivity contribution in [1.29, 1.82) is 0 Å². The number of anilines is 1. The fourth-order valence-corrected chi connectivity index (χ4v) is 2.76. The number of imidazole rings is 1. The van der Waals surface area contributed by atoms with Gasteiger partial charge in [-0.1, -0.05) is 12.1 Å². The number of hydrogen-bond donors (Lipinski definition) is 1. The lowest BCUT2D eigenvalue weighted by Gasteiger charge is -2.26. The zero-order chi connectivity index (χ0) is 12.9. The quantitative estimate of drug-likeness (QED) is 0.835. The monoisotopic (exact) mass is 241 g/mol. The molecule has 4 heteroatoms. The van der Waals surface area contributed by atoms with Gasteiger partial charge in [0.05, 0.1) is 17.1 Å². The maximum atomic E-state index is 11.8. The number of carbonyl (C=O) groups excluding carboxylic acids is 1. The Balaban J connectivity index is 2.26. The average Bonchev–Trinajstić information content (AvgIpc) is 2.66. The van der Waals surface area contributed by atoms with Crippen LogP contribution >= 0.6 is 0 Å². The second-order valence-corrected chi connectivity index (χ2v) is 4.69. The zero-order valence-electron chi connectivity index (χ0n) is 10.7. The number of hydrogen-bond acceptors (Lipinski definition) is 3. The van der Waals surface area contributed by atoms with Gasteiger partial charge in [0.1, 0.15) is 0 Å². The lowest BCUT2D eigenvalue weighted by Crippen LogP contribution is -2.24. The summed E-state index contributed by atoms with van der Waals surface area (Å²) in [6.45, 7) is 5.58. The van der Waals surface area contributed by atoms with Gasteiger partial charge in [0.2, 0.25) is 5.95 Å². The van der Waals surface area contributed by atoms with E-state index in [9.17, 15) is 4.79 Å². The van der Waals surface area contributed by atoms with Crippen LogP contribution in [0.4, 0.5) is 5.95 Å². The Labute approximate surface area is 105 Å². The van der Waals surface area contributed by atoms with Crippen molar-refractivity contribution in [2.45, 2.75) is 26.8 Å². The first-order valence-electron chi connectivity index (χ1n) is 6.05.